The molecule has 2 aromatic heterocycles. The van der Waals surface area contributed by atoms with Crippen LogP contribution in [0.3, 0.4) is 0 Å². The van der Waals surface area contributed by atoms with E-state index >= 15 is 0 Å². The minimum atomic E-state index is 0.822. The Kier molecular flexibility index (Phi) is 5.19. The standard InChI is InChI=1S/C34H26N4/c1-23-20-24(2)22-28(21-23)38-33(25-10-4-3-5-11-25)35-36-34(38)26-16-18-27(19-17-26)37-31-14-8-6-12-29(31)30-13-7-9-15-32(30)37/h3-22H,1-2H3. The lowest BCUT2D eigenvalue weighted by atomic mass is 10.1. The first kappa shape index (κ1) is 22.3. The lowest BCUT2D eigenvalue weighted by Crippen LogP contribution is -2.02. The van der Waals surface area contributed by atoms with Crippen molar-refractivity contribution in [2.75, 3.05) is 0 Å². The van der Waals surface area contributed by atoms with Crippen LogP contribution in [0.2, 0.25) is 0 Å². The molecule has 7 rings (SSSR count). The van der Waals surface area contributed by atoms with Crippen molar-refractivity contribution in [3.8, 4) is 34.2 Å². The SMILES string of the molecule is Cc1cc(C)cc(-n2c(-c3ccccc3)nnc2-c2ccc(-n3c4ccccc4c4ccccc43)cc2)c1. The molecule has 0 saturated heterocycles. The van der Waals surface area contributed by atoms with E-state index < -0.39 is 0 Å². The first-order valence-corrected chi connectivity index (χ1v) is 12.9. The first-order chi connectivity index (χ1) is 18.7. The van der Waals surface area contributed by atoms with Crippen molar-refractivity contribution in [1.29, 1.82) is 0 Å². The van der Waals surface area contributed by atoms with Crippen molar-refractivity contribution in [3.63, 3.8) is 0 Å². The molecule has 0 aliphatic carbocycles. The Labute approximate surface area is 221 Å². The number of hydrogen-bond acceptors (Lipinski definition) is 2. The van der Waals surface area contributed by atoms with Gasteiger partial charge in [-0.2, -0.15) is 0 Å². The fourth-order valence-electron chi connectivity index (χ4n) is 5.53. The van der Waals surface area contributed by atoms with Gasteiger partial charge in [0.15, 0.2) is 11.6 Å². The molecule has 0 unspecified atom stereocenters. The lowest BCUT2D eigenvalue weighted by Gasteiger charge is -2.13. The van der Waals surface area contributed by atoms with Gasteiger partial charge in [-0.05, 0) is 73.5 Å². The number of aryl methyl sites for hydroxylation is 2. The fourth-order valence-corrected chi connectivity index (χ4v) is 5.53. The number of hydrogen-bond donors (Lipinski definition) is 0. The zero-order valence-corrected chi connectivity index (χ0v) is 21.3. The average Bonchev–Trinajstić information content (AvgIpc) is 3.53. The highest BCUT2D eigenvalue weighted by Gasteiger charge is 2.18. The van der Waals surface area contributed by atoms with E-state index in [0.717, 1.165) is 34.2 Å². The summed E-state index contributed by atoms with van der Waals surface area (Å²) >= 11 is 0. The zero-order chi connectivity index (χ0) is 25.6. The van der Waals surface area contributed by atoms with Crippen LogP contribution < -0.4 is 0 Å². The molecule has 0 radical (unpaired) electrons. The van der Waals surface area contributed by atoms with Crippen LogP contribution in [0.1, 0.15) is 11.1 Å². The second-order valence-corrected chi connectivity index (χ2v) is 9.81. The van der Waals surface area contributed by atoms with E-state index in [4.69, 9.17) is 5.10 Å². The van der Waals surface area contributed by atoms with E-state index in [-0.39, 0.29) is 0 Å². The summed E-state index contributed by atoms with van der Waals surface area (Å²) in [6.07, 6.45) is 0. The quantitative estimate of drug-likeness (QED) is 0.249. The molecule has 182 valence electrons. The molecule has 4 heteroatoms. The van der Waals surface area contributed by atoms with E-state index in [9.17, 15) is 0 Å². The summed E-state index contributed by atoms with van der Waals surface area (Å²) in [6.45, 7) is 4.26. The summed E-state index contributed by atoms with van der Waals surface area (Å²) in [4.78, 5) is 0. The van der Waals surface area contributed by atoms with Gasteiger partial charge < -0.3 is 4.57 Å². The van der Waals surface area contributed by atoms with Crippen LogP contribution in [0.15, 0.2) is 121 Å². The van der Waals surface area contributed by atoms with Crippen LogP contribution >= 0.6 is 0 Å². The summed E-state index contributed by atoms with van der Waals surface area (Å²) in [6, 6.07) is 42.7. The van der Waals surface area contributed by atoms with Gasteiger partial charge in [0.2, 0.25) is 0 Å². The number of para-hydroxylation sites is 2. The number of nitrogens with zero attached hydrogens (tertiary/aromatic N) is 4. The lowest BCUT2D eigenvalue weighted by molar-refractivity contribution is 1.06. The average molecular weight is 491 g/mol. The van der Waals surface area contributed by atoms with Crippen molar-refractivity contribution in [3.05, 3.63) is 132 Å². The molecule has 0 N–H and O–H groups in total. The van der Waals surface area contributed by atoms with Gasteiger partial charge in [-0.3, -0.25) is 4.57 Å². The van der Waals surface area contributed by atoms with Crippen molar-refractivity contribution in [1.82, 2.24) is 19.3 Å². The van der Waals surface area contributed by atoms with Gasteiger partial charge in [-0.25, -0.2) is 0 Å². The second-order valence-electron chi connectivity index (χ2n) is 9.81. The van der Waals surface area contributed by atoms with Crippen LogP contribution in [-0.2, 0) is 0 Å². The van der Waals surface area contributed by atoms with E-state index in [0.29, 0.717) is 0 Å². The molecule has 38 heavy (non-hydrogen) atoms. The summed E-state index contributed by atoms with van der Waals surface area (Å²) in [7, 11) is 0. The Hall–Kier alpha value is -4.96. The molecule has 0 saturated carbocycles. The largest absolute Gasteiger partial charge is 0.309 e. The van der Waals surface area contributed by atoms with Crippen molar-refractivity contribution in [2.24, 2.45) is 0 Å². The minimum Gasteiger partial charge on any atom is -0.309 e. The Morgan fingerprint density at radius 2 is 0.947 bits per heavy atom. The molecular weight excluding hydrogens is 464 g/mol. The molecule has 0 fully saturated rings. The third-order valence-electron chi connectivity index (χ3n) is 7.12. The molecule has 0 spiro atoms. The van der Waals surface area contributed by atoms with Crippen LogP contribution in [0.5, 0.6) is 0 Å². The number of aromatic nitrogens is 4. The molecule has 2 heterocycles. The molecular formula is C34H26N4. The van der Waals surface area contributed by atoms with Gasteiger partial charge in [0.05, 0.1) is 11.0 Å². The van der Waals surface area contributed by atoms with Crippen LogP contribution in [0.25, 0.3) is 56.0 Å². The Balaban J connectivity index is 1.40. The first-order valence-electron chi connectivity index (χ1n) is 12.9. The van der Waals surface area contributed by atoms with Gasteiger partial charge in [-0.15, -0.1) is 10.2 Å². The van der Waals surface area contributed by atoms with E-state index in [1.807, 2.05) is 18.2 Å². The maximum absolute atomic E-state index is 4.70. The zero-order valence-electron chi connectivity index (χ0n) is 21.3. The third-order valence-corrected chi connectivity index (χ3v) is 7.12. The highest BCUT2D eigenvalue weighted by Crippen LogP contribution is 2.34. The number of benzene rings is 5. The number of fused-ring (bicyclic) bond motifs is 3. The molecule has 0 aliphatic rings. The topological polar surface area (TPSA) is 35.6 Å². The van der Waals surface area contributed by atoms with Gasteiger partial charge in [-0.1, -0.05) is 72.8 Å². The molecule has 0 aliphatic heterocycles. The predicted molar refractivity (Wildman–Crippen MR) is 156 cm³/mol. The second kappa shape index (κ2) is 8.86. The minimum absolute atomic E-state index is 0.822. The molecule has 4 nitrogen and oxygen atoms in total. The third kappa shape index (κ3) is 3.61. The van der Waals surface area contributed by atoms with Gasteiger partial charge in [0, 0.05) is 33.3 Å². The highest BCUT2D eigenvalue weighted by molar-refractivity contribution is 6.09. The monoisotopic (exact) mass is 490 g/mol. The molecule has 5 aromatic carbocycles. The number of rotatable bonds is 4. The summed E-state index contributed by atoms with van der Waals surface area (Å²) in [5, 5.41) is 11.9. The highest BCUT2D eigenvalue weighted by atomic mass is 15.3. The maximum Gasteiger partial charge on any atom is 0.168 e. The molecule has 0 bridgehead atoms. The van der Waals surface area contributed by atoms with Crippen molar-refractivity contribution in [2.45, 2.75) is 13.8 Å². The normalized spacial score (nSPS) is 11.4. The summed E-state index contributed by atoms with van der Waals surface area (Å²) < 4.78 is 4.50. The summed E-state index contributed by atoms with van der Waals surface area (Å²) in [5.41, 5.74) is 9.05. The molecule has 0 atom stereocenters. The van der Waals surface area contributed by atoms with E-state index in [1.165, 1.54) is 32.9 Å². The van der Waals surface area contributed by atoms with Crippen molar-refractivity contribution >= 4 is 21.8 Å². The Bertz CT molecular complexity index is 1850. The maximum atomic E-state index is 4.70. The van der Waals surface area contributed by atoms with Crippen LogP contribution in [0, 0.1) is 13.8 Å². The van der Waals surface area contributed by atoms with Crippen LogP contribution in [0.4, 0.5) is 0 Å². The van der Waals surface area contributed by atoms with Crippen LogP contribution in [-0.4, -0.2) is 19.3 Å². The Morgan fingerprint density at radius 1 is 0.447 bits per heavy atom. The van der Waals surface area contributed by atoms with Crippen molar-refractivity contribution < 1.29 is 0 Å². The smallest absolute Gasteiger partial charge is 0.168 e. The molecule has 0 amide bonds. The molecule has 7 aromatic rings. The van der Waals surface area contributed by atoms with Gasteiger partial charge >= 0.3 is 0 Å². The van der Waals surface area contributed by atoms with E-state index in [2.05, 4.69) is 131 Å². The van der Waals surface area contributed by atoms with E-state index in [1.54, 1.807) is 0 Å². The van der Waals surface area contributed by atoms with Gasteiger partial charge in [0.1, 0.15) is 0 Å². The summed E-state index contributed by atoms with van der Waals surface area (Å²) in [5.74, 6) is 1.65. The van der Waals surface area contributed by atoms with Gasteiger partial charge in [0.25, 0.3) is 0 Å². The Morgan fingerprint density at radius 3 is 1.53 bits per heavy atom. The predicted octanol–water partition coefficient (Wildman–Crippen LogP) is 8.32. The fraction of sp³-hybridized carbons (Fsp3) is 0.0588.